The van der Waals surface area contributed by atoms with Crippen molar-refractivity contribution in [1.29, 1.82) is 5.26 Å². The van der Waals surface area contributed by atoms with Gasteiger partial charge in [-0.05, 0) is 24.3 Å². The Kier molecular flexibility index (Phi) is 4.98. The quantitative estimate of drug-likeness (QED) is 0.471. The molecule has 3 nitrogen and oxygen atoms in total. The van der Waals surface area contributed by atoms with Crippen LogP contribution in [0.4, 0.5) is 17.6 Å². The van der Waals surface area contributed by atoms with Crippen molar-refractivity contribution < 1.29 is 22.7 Å². The van der Waals surface area contributed by atoms with Gasteiger partial charge in [-0.15, -0.1) is 11.8 Å². The van der Waals surface area contributed by atoms with E-state index in [0.29, 0.717) is 6.92 Å². The van der Waals surface area contributed by atoms with E-state index in [9.17, 15) is 22.7 Å². The summed E-state index contributed by atoms with van der Waals surface area (Å²) < 4.78 is 55.3. The molecule has 0 fully saturated rings. The number of benzene rings is 2. The van der Waals surface area contributed by atoms with Gasteiger partial charge in [-0.25, -0.2) is 22.5 Å². The Morgan fingerprint density at radius 2 is 1.93 bits per heavy atom. The number of thioether (sulfide) groups is 1. The van der Waals surface area contributed by atoms with Crippen LogP contribution >= 0.6 is 11.8 Å². The third kappa shape index (κ3) is 3.69. The molecule has 3 aromatic rings. The zero-order valence-corrected chi connectivity index (χ0v) is 14.7. The van der Waals surface area contributed by atoms with Crippen molar-refractivity contribution in [3.8, 4) is 11.9 Å². The normalized spacial score (nSPS) is 11.6. The Labute approximate surface area is 156 Å². The van der Waals surface area contributed by atoms with Crippen LogP contribution in [0.1, 0.15) is 23.6 Å². The van der Waals surface area contributed by atoms with E-state index in [0.717, 1.165) is 36.0 Å². The van der Waals surface area contributed by atoms with Gasteiger partial charge in [0.25, 0.3) is 5.92 Å². The van der Waals surface area contributed by atoms with E-state index >= 15 is 0 Å². The molecule has 0 spiro atoms. The molecule has 0 aliphatic heterocycles. The lowest BCUT2D eigenvalue weighted by molar-refractivity contribution is 0.0164. The molecule has 0 aliphatic rings. The number of nitriles is 1. The summed E-state index contributed by atoms with van der Waals surface area (Å²) in [7, 11) is 0. The Morgan fingerprint density at radius 3 is 2.59 bits per heavy atom. The number of pyridine rings is 1. The van der Waals surface area contributed by atoms with Crippen molar-refractivity contribution in [2.75, 3.05) is 0 Å². The lowest BCUT2D eigenvalue weighted by Crippen LogP contribution is -2.11. The summed E-state index contributed by atoms with van der Waals surface area (Å²) in [5.74, 6) is -5.40. The van der Waals surface area contributed by atoms with E-state index in [1.54, 1.807) is 6.07 Å². The fourth-order valence-electron chi connectivity index (χ4n) is 2.72. The highest BCUT2D eigenvalue weighted by Crippen LogP contribution is 2.38. The molecule has 27 heavy (non-hydrogen) atoms. The summed E-state index contributed by atoms with van der Waals surface area (Å²) in [4.78, 5) is 3.87. The smallest absolute Gasteiger partial charge is 0.270 e. The first-order valence-corrected chi connectivity index (χ1v) is 8.71. The first kappa shape index (κ1) is 19.0. The van der Waals surface area contributed by atoms with Crippen LogP contribution in [-0.2, 0) is 11.7 Å². The number of hydrogen-bond donors (Lipinski definition) is 1. The van der Waals surface area contributed by atoms with Crippen molar-refractivity contribution in [2.24, 2.45) is 0 Å². The van der Waals surface area contributed by atoms with Gasteiger partial charge < -0.3 is 5.11 Å². The molecule has 1 heterocycles. The molecule has 0 bridgehead atoms. The minimum absolute atomic E-state index is 0.106. The monoisotopic (exact) mass is 392 g/mol. The van der Waals surface area contributed by atoms with Gasteiger partial charge in [-0.3, -0.25) is 0 Å². The highest BCUT2D eigenvalue weighted by Gasteiger charge is 2.29. The van der Waals surface area contributed by atoms with Gasteiger partial charge in [0.2, 0.25) is 5.88 Å². The number of alkyl halides is 2. The largest absolute Gasteiger partial charge is 0.492 e. The standard InChI is InChI=1S/C19H12F4N2OS/c1-19(22,23)15-3-2-4-16(21)14(15)9-27-18-12-7-10(20)5-6-11(12)13(8-24)17(26)25-18/h2-7H,9H2,1H3,(H,25,26). The summed E-state index contributed by atoms with van der Waals surface area (Å²) in [6.45, 7) is 0.673. The van der Waals surface area contributed by atoms with Crippen LogP contribution in [0.2, 0.25) is 0 Å². The van der Waals surface area contributed by atoms with Crippen LogP contribution in [0.25, 0.3) is 10.8 Å². The Bertz CT molecular complexity index is 1070. The molecule has 0 aliphatic carbocycles. The molecule has 0 saturated heterocycles. The number of fused-ring (bicyclic) bond motifs is 1. The molecule has 0 saturated carbocycles. The minimum Gasteiger partial charge on any atom is -0.492 e. The number of rotatable bonds is 4. The third-order valence-corrected chi connectivity index (χ3v) is 4.99. The maximum atomic E-state index is 14.1. The molecule has 0 unspecified atom stereocenters. The summed E-state index contributed by atoms with van der Waals surface area (Å²) in [6, 6.07) is 8.79. The SMILES string of the molecule is CC(F)(F)c1cccc(F)c1CSc1nc(O)c(C#N)c2ccc(F)cc12. The summed E-state index contributed by atoms with van der Waals surface area (Å²) in [5.41, 5.74) is -0.783. The molecule has 1 N–H and O–H groups in total. The van der Waals surface area contributed by atoms with Gasteiger partial charge in [-0.2, -0.15) is 5.26 Å². The summed E-state index contributed by atoms with van der Waals surface area (Å²) in [5, 5.41) is 19.7. The summed E-state index contributed by atoms with van der Waals surface area (Å²) in [6.07, 6.45) is 0. The number of halogens is 4. The molecule has 0 atom stereocenters. The van der Waals surface area contributed by atoms with E-state index in [1.807, 2.05) is 0 Å². The first-order valence-electron chi connectivity index (χ1n) is 7.73. The van der Waals surface area contributed by atoms with Gasteiger partial charge in [0.05, 0.1) is 0 Å². The zero-order chi connectivity index (χ0) is 19.8. The minimum atomic E-state index is -3.24. The predicted octanol–water partition coefficient (Wildman–Crippen LogP) is 5.49. The van der Waals surface area contributed by atoms with Gasteiger partial charge in [0.15, 0.2) is 0 Å². The molecule has 3 rings (SSSR count). The second kappa shape index (κ2) is 7.08. The van der Waals surface area contributed by atoms with Crippen molar-refractivity contribution in [1.82, 2.24) is 4.98 Å². The molecule has 1 aromatic heterocycles. The Morgan fingerprint density at radius 1 is 1.19 bits per heavy atom. The molecule has 0 amide bonds. The molecule has 138 valence electrons. The Hall–Kier alpha value is -2.79. The lowest BCUT2D eigenvalue weighted by atomic mass is 10.0. The predicted molar refractivity (Wildman–Crippen MR) is 93.6 cm³/mol. The number of nitrogens with zero attached hydrogens (tertiary/aromatic N) is 2. The maximum Gasteiger partial charge on any atom is 0.270 e. The topological polar surface area (TPSA) is 56.9 Å². The first-order chi connectivity index (χ1) is 12.7. The maximum absolute atomic E-state index is 14.1. The highest BCUT2D eigenvalue weighted by molar-refractivity contribution is 7.98. The lowest BCUT2D eigenvalue weighted by Gasteiger charge is -2.16. The molecule has 0 radical (unpaired) electrons. The van der Waals surface area contributed by atoms with Crippen molar-refractivity contribution in [3.63, 3.8) is 0 Å². The second-order valence-corrected chi connectivity index (χ2v) is 6.82. The zero-order valence-electron chi connectivity index (χ0n) is 13.9. The molecular formula is C19H12F4N2OS. The third-order valence-electron chi connectivity index (χ3n) is 3.97. The van der Waals surface area contributed by atoms with Gasteiger partial charge >= 0.3 is 0 Å². The summed E-state index contributed by atoms with van der Waals surface area (Å²) >= 11 is 0.869. The Balaban J connectivity index is 2.08. The van der Waals surface area contributed by atoms with E-state index in [2.05, 4.69) is 4.98 Å². The second-order valence-electron chi connectivity index (χ2n) is 5.86. The number of hydrogen-bond acceptors (Lipinski definition) is 4. The van der Waals surface area contributed by atoms with Crippen LogP contribution in [0.3, 0.4) is 0 Å². The van der Waals surface area contributed by atoms with Crippen LogP contribution in [-0.4, -0.2) is 10.1 Å². The van der Waals surface area contributed by atoms with E-state index in [1.165, 1.54) is 12.1 Å². The van der Waals surface area contributed by atoms with Crippen LogP contribution in [0.5, 0.6) is 5.88 Å². The van der Waals surface area contributed by atoms with Gasteiger partial charge in [-0.1, -0.05) is 12.1 Å². The number of aromatic nitrogens is 1. The fraction of sp³-hybridized carbons (Fsp3) is 0.158. The van der Waals surface area contributed by atoms with Crippen LogP contribution < -0.4 is 0 Å². The van der Waals surface area contributed by atoms with Gasteiger partial charge in [0, 0.05) is 34.6 Å². The van der Waals surface area contributed by atoms with E-state index in [4.69, 9.17) is 5.26 Å². The molecular weight excluding hydrogens is 380 g/mol. The van der Waals surface area contributed by atoms with E-state index < -0.39 is 29.0 Å². The highest BCUT2D eigenvalue weighted by atomic mass is 32.2. The average molecular weight is 392 g/mol. The van der Waals surface area contributed by atoms with Crippen molar-refractivity contribution in [3.05, 3.63) is 64.7 Å². The van der Waals surface area contributed by atoms with Crippen molar-refractivity contribution >= 4 is 22.5 Å². The fourth-order valence-corrected chi connectivity index (χ4v) is 3.77. The molecule has 2 aromatic carbocycles. The van der Waals surface area contributed by atoms with Crippen LogP contribution in [0, 0.1) is 23.0 Å². The number of aromatic hydroxyl groups is 1. The average Bonchev–Trinajstić information content (AvgIpc) is 2.60. The van der Waals surface area contributed by atoms with Crippen LogP contribution in [0.15, 0.2) is 41.4 Å². The van der Waals surface area contributed by atoms with E-state index in [-0.39, 0.29) is 32.7 Å². The molecule has 8 heteroatoms. The van der Waals surface area contributed by atoms with Gasteiger partial charge in [0.1, 0.15) is 28.3 Å². The van der Waals surface area contributed by atoms with Crippen molar-refractivity contribution in [2.45, 2.75) is 23.6 Å².